The lowest BCUT2D eigenvalue weighted by Crippen LogP contribution is -2.36. The molecule has 2 N–H and O–H groups in total. The summed E-state index contributed by atoms with van der Waals surface area (Å²) in [7, 11) is 0. The first-order valence-electron chi connectivity index (χ1n) is 12.6. The number of rotatable bonds is 14. The van der Waals surface area contributed by atoms with E-state index in [0.29, 0.717) is 11.5 Å². The minimum Gasteiger partial charge on any atom is -0.478 e. The first kappa shape index (κ1) is 28.2. The molecule has 2 unspecified atom stereocenters. The highest BCUT2D eigenvalue weighted by atomic mass is 16.4. The molecule has 0 heterocycles. The van der Waals surface area contributed by atoms with Gasteiger partial charge in [0.05, 0.1) is 11.1 Å². The molecule has 1 aromatic carbocycles. The minimum atomic E-state index is -1.05. The molecule has 0 aliphatic heterocycles. The quantitative estimate of drug-likeness (QED) is 0.303. The SMILES string of the molecule is CCCCC(CC)C(C)(C)c1ccc(C(=O)O)c(C(C)(C)C(CC)CCCC)c1C(=O)O. The van der Waals surface area contributed by atoms with Crippen LogP contribution in [0.15, 0.2) is 12.1 Å². The smallest absolute Gasteiger partial charge is 0.336 e. The van der Waals surface area contributed by atoms with Gasteiger partial charge in [-0.05, 0) is 52.7 Å². The van der Waals surface area contributed by atoms with Gasteiger partial charge >= 0.3 is 11.9 Å². The largest absolute Gasteiger partial charge is 0.478 e. The van der Waals surface area contributed by atoms with Crippen molar-refractivity contribution in [3.8, 4) is 0 Å². The summed E-state index contributed by atoms with van der Waals surface area (Å²) in [5.74, 6) is -1.54. The molecule has 0 saturated carbocycles. The molecule has 0 fully saturated rings. The van der Waals surface area contributed by atoms with Crippen molar-refractivity contribution in [3.63, 3.8) is 0 Å². The third kappa shape index (κ3) is 5.94. The Morgan fingerprint density at radius 2 is 1.25 bits per heavy atom. The zero-order valence-electron chi connectivity index (χ0n) is 21.7. The van der Waals surface area contributed by atoms with Crippen LogP contribution in [-0.4, -0.2) is 22.2 Å². The number of carboxylic acids is 2. The summed E-state index contributed by atoms with van der Waals surface area (Å²) in [6.45, 7) is 16.9. The Bertz CT molecular complexity index is 776. The first-order valence-corrected chi connectivity index (χ1v) is 12.6. The van der Waals surface area contributed by atoms with Crippen molar-refractivity contribution in [1.82, 2.24) is 0 Å². The Labute approximate surface area is 195 Å². The average molecular weight is 447 g/mol. The van der Waals surface area contributed by atoms with E-state index >= 15 is 0 Å². The third-order valence-electron chi connectivity index (χ3n) is 7.83. The van der Waals surface area contributed by atoms with Crippen molar-refractivity contribution >= 4 is 11.9 Å². The third-order valence-corrected chi connectivity index (χ3v) is 7.83. The lowest BCUT2D eigenvalue weighted by atomic mass is 9.63. The van der Waals surface area contributed by atoms with Crippen LogP contribution >= 0.6 is 0 Å². The molecule has 0 amide bonds. The van der Waals surface area contributed by atoms with Crippen molar-refractivity contribution in [2.75, 3.05) is 0 Å². The van der Waals surface area contributed by atoms with Gasteiger partial charge in [-0.3, -0.25) is 0 Å². The monoisotopic (exact) mass is 446 g/mol. The molecule has 182 valence electrons. The van der Waals surface area contributed by atoms with Crippen LogP contribution in [0.1, 0.15) is 139 Å². The second-order valence-corrected chi connectivity index (χ2v) is 10.5. The molecule has 0 spiro atoms. The average Bonchev–Trinajstić information content (AvgIpc) is 2.73. The summed E-state index contributed by atoms with van der Waals surface area (Å²) < 4.78 is 0. The van der Waals surface area contributed by atoms with Crippen LogP contribution in [0.3, 0.4) is 0 Å². The van der Waals surface area contributed by atoms with Crippen molar-refractivity contribution in [1.29, 1.82) is 0 Å². The highest BCUT2D eigenvalue weighted by Gasteiger charge is 2.41. The summed E-state index contributed by atoms with van der Waals surface area (Å²) in [5, 5.41) is 20.5. The number of unbranched alkanes of at least 4 members (excludes halogenated alkanes) is 2. The number of carboxylic acid groups (broad SMARTS) is 2. The van der Waals surface area contributed by atoms with Crippen LogP contribution in [-0.2, 0) is 10.8 Å². The number of hydrogen-bond donors (Lipinski definition) is 2. The van der Waals surface area contributed by atoms with Crippen LogP contribution < -0.4 is 0 Å². The van der Waals surface area contributed by atoms with E-state index < -0.39 is 17.4 Å². The topological polar surface area (TPSA) is 74.6 Å². The van der Waals surface area contributed by atoms with E-state index in [1.807, 2.05) is 13.8 Å². The number of carbonyl (C=O) groups is 2. The highest BCUT2D eigenvalue weighted by molar-refractivity contribution is 5.98. The van der Waals surface area contributed by atoms with Gasteiger partial charge in [-0.25, -0.2) is 9.59 Å². The first-order chi connectivity index (χ1) is 14.9. The second-order valence-electron chi connectivity index (χ2n) is 10.5. The lowest BCUT2D eigenvalue weighted by Gasteiger charge is -2.40. The molecule has 0 aliphatic rings. The van der Waals surface area contributed by atoms with E-state index in [1.54, 1.807) is 12.1 Å². The van der Waals surface area contributed by atoms with E-state index in [2.05, 4.69) is 41.5 Å². The fourth-order valence-corrected chi connectivity index (χ4v) is 5.68. The fraction of sp³-hybridized carbons (Fsp3) is 0.714. The molecule has 32 heavy (non-hydrogen) atoms. The molecule has 0 aliphatic carbocycles. The molecular weight excluding hydrogens is 400 g/mol. The molecule has 1 rings (SSSR count). The predicted octanol–water partition coefficient (Wildman–Crippen LogP) is 8.07. The van der Waals surface area contributed by atoms with E-state index in [0.717, 1.165) is 56.9 Å². The van der Waals surface area contributed by atoms with Crippen LogP contribution in [0.2, 0.25) is 0 Å². The summed E-state index contributed by atoms with van der Waals surface area (Å²) in [5.41, 5.74) is 0.670. The van der Waals surface area contributed by atoms with Gasteiger partial charge in [0.2, 0.25) is 0 Å². The molecule has 4 heteroatoms. The van der Waals surface area contributed by atoms with Gasteiger partial charge in [-0.1, -0.05) is 100.0 Å². The fourth-order valence-electron chi connectivity index (χ4n) is 5.68. The molecule has 1 aromatic rings. The number of hydrogen-bond acceptors (Lipinski definition) is 2. The van der Waals surface area contributed by atoms with Gasteiger partial charge in [0.15, 0.2) is 0 Å². The normalized spacial score (nSPS) is 14.2. The van der Waals surface area contributed by atoms with Gasteiger partial charge in [-0.2, -0.15) is 0 Å². The molecule has 0 aromatic heterocycles. The van der Waals surface area contributed by atoms with Crippen LogP contribution in [0.4, 0.5) is 0 Å². The lowest BCUT2D eigenvalue weighted by molar-refractivity contribution is 0.0685. The molecule has 0 saturated heterocycles. The molecule has 2 atom stereocenters. The van der Waals surface area contributed by atoms with Crippen molar-refractivity contribution in [2.24, 2.45) is 11.8 Å². The molecule has 4 nitrogen and oxygen atoms in total. The summed E-state index contributed by atoms with van der Waals surface area (Å²) in [4.78, 5) is 25.0. The summed E-state index contributed by atoms with van der Waals surface area (Å²) in [6, 6.07) is 3.43. The van der Waals surface area contributed by atoms with Crippen molar-refractivity contribution < 1.29 is 19.8 Å². The van der Waals surface area contributed by atoms with Gasteiger partial charge in [-0.15, -0.1) is 0 Å². The second kappa shape index (κ2) is 11.9. The Morgan fingerprint density at radius 3 is 1.62 bits per heavy atom. The predicted molar refractivity (Wildman–Crippen MR) is 133 cm³/mol. The maximum atomic E-state index is 12.8. The number of aromatic carboxylic acids is 2. The van der Waals surface area contributed by atoms with Crippen molar-refractivity contribution in [2.45, 2.75) is 118 Å². The molecular formula is C28H46O4. The zero-order valence-corrected chi connectivity index (χ0v) is 21.7. The summed E-state index contributed by atoms with van der Waals surface area (Å²) >= 11 is 0. The van der Waals surface area contributed by atoms with Gasteiger partial charge in [0, 0.05) is 0 Å². The molecule has 0 bridgehead atoms. The van der Waals surface area contributed by atoms with Crippen LogP contribution in [0, 0.1) is 11.8 Å². The Hall–Kier alpha value is -1.84. The van der Waals surface area contributed by atoms with E-state index in [4.69, 9.17) is 0 Å². The zero-order chi connectivity index (χ0) is 24.7. The Balaban J connectivity index is 3.90. The Kier molecular flexibility index (Phi) is 10.4. The van der Waals surface area contributed by atoms with E-state index in [9.17, 15) is 19.8 Å². The van der Waals surface area contributed by atoms with Crippen LogP contribution in [0.25, 0.3) is 0 Å². The standard InChI is InChI=1S/C28H46O4/c1-9-13-15-19(11-3)27(5,6)22-18-17-21(25(29)30)24(23(22)26(31)32)28(7,8)20(12-4)16-14-10-2/h17-20H,9-16H2,1-8H3,(H,29,30)(H,31,32). The van der Waals surface area contributed by atoms with E-state index in [-0.39, 0.29) is 22.5 Å². The van der Waals surface area contributed by atoms with Gasteiger partial charge < -0.3 is 10.2 Å². The van der Waals surface area contributed by atoms with Crippen molar-refractivity contribution in [3.05, 3.63) is 34.4 Å². The van der Waals surface area contributed by atoms with Gasteiger partial charge in [0.1, 0.15) is 0 Å². The highest BCUT2D eigenvalue weighted by Crippen LogP contribution is 2.46. The molecule has 0 radical (unpaired) electrons. The maximum Gasteiger partial charge on any atom is 0.336 e. The Morgan fingerprint density at radius 1 is 0.781 bits per heavy atom. The van der Waals surface area contributed by atoms with Gasteiger partial charge in [0.25, 0.3) is 0 Å². The summed E-state index contributed by atoms with van der Waals surface area (Å²) in [6.07, 6.45) is 8.15. The van der Waals surface area contributed by atoms with Crippen LogP contribution in [0.5, 0.6) is 0 Å². The van der Waals surface area contributed by atoms with E-state index in [1.165, 1.54) is 0 Å². The maximum absolute atomic E-state index is 12.8. The minimum absolute atomic E-state index is 0.128. The number of benzene rings is 1.